The summed E-state index contributed by atoms with van der Waals surface area (Å²) in [6.07, 6.45) is 0. The quantitative estimate of drug-likeness (QED) is 0.570. The second-order valence-electron chi connectivity index (χ2n) is 4.36. The van der Waals surface area contributed by atoms with Crippen molar-refractivity contribution in [3.05, 3.63) is 33.9 Å². The van der Waals surface area contributed by atoms with Crippen LogP contribution in [0.15, 0.2) is 23.1 Å². The number of amides is 2. The highest BCUT2D eigenvalue weighted by atomic mass is 32.2. The van der Waals surface area contributed by atoms with Crippen LogP contribution >= 0.6 is 0 Å². The molecule has 0 saturated heterocycles. The van der Waals surface area contributed by atoms with Crippen LogP contribution < -0.4 is 10.9 Å². The van der Waals surface area contributed by atoms with Crippen molar-refractivity contribution >= 4 is 27.5 Å². The third-order valence-corrected chi connectivity index (χ3v) is 4.35. The van der Waals surface area contributed by atoms with E-state index in [-0.39, 0.29) is 4.90 Å². The second kappa shape index (κ2) is 6.49. The Labute approximate surface area is 126 Å². The van der Waals surface area contributed by atoms with Crippen molar-refractivity contribution in [1.29, 1.82) is 0 Å². The van der Waals surface area contributed by atoms with Crippen LogP contribution in [0.3, 0.4) is 0 Å². The Morgan fingerprint density at radius 2 is 1.82 bits per heavy atom. The Hall–Kier alpha value is -2.53. The molecule has 1 aromatic carbocycles. The summed E-state index contributed by atoms with van der Waals surface area (Å²) in [5.41, 5.74) is 2.85. The first-order valence-electron chi connectivity index (χ1n) is 5.85. The van der Waals surface area contributed by atoms with Crippen molar-refractivity contribution in [3.63, 3.8) is 0 Å². The van der Waals surface area contributed by atoms with Gasteiger partial charge in [0.2, 0.25) is 15.9 Å². The number of hydrogen-bond donors (Lipinski definition) is 2. The minimum atomic E-state index is -3.86. The molecule has 0 spiro atoms. The van der Waals surface area contributed by atoms with Crippen molar-refractivity contribution in [2.75, 3.05) is 14.1 Å². The molecule has 0 radical (unpaired) electrons. The van der Waals surface area contributed by atoms with E-state index in [9.17, 15) is 28.1 Å². The molecule has 1 aromatic rings. The molecule has 120 valence electrons. The van der Waals surface area contributed by atoms with Crippen molar-refractivity contribution < 1.29 is 22.9 Å². The van der Waals surface area contributed by atoms with Crippen LogP contribution in [0.1, 0.15) is 17.3 Å². The number of hydrogen-bond acceptors (Lipinski definition) is 6. The molecule has 0 aliphatic carbocycles. The van der Waals surface area contributed by atoms with Gasteiger partial charge in [-0.05, 0) is 12.1 Å². The molecule has 0 aliphatic heterocycles. The highest BCUT2D eigenvalue weighted by Crippen LogP contribution is 2.23. The average Bonchev–Trinajstić information content (AvgIpc) is 2.43. The van der Waals surface area contributed by atoms with Crippen LogP contribution in [-0.4, -0.2) is 43.6 Å². The van der Waals surface area contributed by atoms with Crippen LogP contribution in [-0.2, 0) is 14.8 Å². The summed E-state index contributed by atoms with van der Waals surface area (Å²) in [7, 11) is -1.29. The van der Waals surface area contributed by atoms with Crippen LogP contribution in [0, 0.1) is 10.1 Å². The molecular weight excluding hydrogens is 316 g/mol. The van der Waals surface area contributed by atoms with Crippen molar-refractivity contribution in [3.8, 4) is 0 Å². The highest BCUT2D eigenvalue weighted by Gasteiger charge is 2.25. The predicted octanol–water partition coefficient (Wildman–Crippen LogP) is -0.374. The van der Waals surface area contributed by atoms with E-state index in [2.05, 4.69) is 0 Å². The Morgan fingerprint density at radius 1 is 1.23 bits per heavy atom. The van der Waals surface area contributed by atoms with Crippen LogP contribution in [0.2, 0.25) is 0 Å². The van der Waals surface area contributed by atoms with Gasteiger partial charge in [0.05, 0.1) is 9.82 Å². The minimum absolute atomic E-state index is 0.281. The molecular formula is C11H14N4O6S. The summed E-state index contributed by atoms with van der Waals surface area (Å²) in [5.74, 6) is -1.59. The SMILES string of the molecule is CC(=O)NNC(=O)c1cc(S(=O)(=O)N(C)C)ccc1[N+](=O)[O-]. The molecule has 2 amide bonds. The van der Waals surface area contributed by atoms with Crippen molar-refractivity contribution in [2.45, 2.75) is 11.8 Å². The number of nitrogens with one attached hydrogen (secondary N) is 2. The van der Waals surface area contributed by atoms with Gasteiger partial charge in [-0.25, -0.2) is 12.7 Å². The first-order valence-corrected chi connectivity index (χ1v) is 7.29. The Balaban J connectivity index is 3.36. The summed E-state index contributed by atoms with van der Waals surface area (Å²) in [5, 5.41) is 10.9. The van der Waals surface area contributed by atoms with Crippen molar-refractivity contribution in [1.82, 2.24) is 15.2 Å². The maximum absolute atomic E-state index is 12.0. The summed E-state index contributed by atoms with van der Waals surface area (Å²) >= 11 is 0. The summed E-state index contributed by atoms with van der Waals surface area (Å²) in [6, 6.07) is 2.83. The highest BCUT2D eigenvalue weighted by molar-refractivity contribution is 7.89. The van der Waals surface area contributed by atoms with E-state index in [1.807, 2.05) is 10.9 Å². The lowest BCUT2D eigenvalue weighted by Gasteiger charge is -2.12. The third kappa shape index (κ3) is 3.77. The molecule has 0 unspecified atom stereocenters. The zero-order chi connectivity index (χ0) is 17.1. The number of nitrogens with zero attached hydrogens (tertiary/aromatic N) is 2. The van der Waals surface area contributed by atoms with Crippen molar-refractivity contribution in [2.24, 2.45) is 0 Å². The Kier molecular flexibility index (Phi) is 5.17. The predicted molar refractivity (Wildman–Crippen MR) is 75.3 cm³/mol. The summed E-state index contributed by atoms with van der Waals surface area (Å²) in [4.78, 5) is 32.5. The number of nitro groups is 1. The minimum Gasteiger partial charge on any atom is -0.274 e. The normalized spacial score (nSPS) is 11.1. The molecule has 2 N–H and O–H groups in total. The molecule has 0 aromatic heterocycles. The fourth-order valence-electron chi connectivity index (χ4n) is 1.44. The van der Waals surface area contributed by atoms with Gasteiger partial charge in [-0.1, -0.05) is 0 Å². The maximum Gasteiger partial charge on any atom is 0.282 e. The zero-order valence-electron chi connectivity index (χ0n) is 12.0. The lowest BCUT2D eigenvalue weighted by molar-refractivity contribution is -0.385. The number of rotatable bonds is 4. The Bertz CT molecular complexity index is 728. The number of carbonyl (C=O) groups is 2. The lowest BCUT2D eigenvalue weighted by Crippen LogP contribution is -2.40. The fraction of sp³-hybridized carbons (Fsp3) is 0.273. The van der Waals surface area contributed by atoms with Crippen LogP contribution in [0.5, 0.6) is 0 Å². The molecule has 0 bridgehead atoms. The molecule has 0 aliphatic rings. The van der Waals surface area contributed by atoms with E-state index in [1.165, 1.54) is 14.1 Å². The number of sulfonamides is 1. The van der Waals surface area contributed by atoms with Gasteiger partial charge >= 0.3 is 0 Å². The van der Waals surface area contributed by atoms with E-state index in [0.717, 1.165) is 29.4 Å². The third-order valence-electron chi connectivity index (χ3n) is 2.54. The fourth-order valence-corrected chi connectivity index (χ4v) is 2.37. The van der Waals surface area contributed by atoms with E-state index >= 15 is 0 Å². The number of hydrazine groups is 1. The zero-order valence-corrected chi connectivity index (χ0v) is 12.8. The second-order valence-corrected chi connectivity index (χ2v) is 6.51. The standard InChI is InChI=1S/C11H14N4O6S/c1-7(16)12-13-11(17)9-6-8(22(20,21)14(2)3)4-5-10(9)15(18)19/h4-6H,1-3H3,(H,12,16)(H,13,17). The van der Waals surface area contributed by atoms with E-state index in [4.69, 9.17) is 0 Å². The monoisotopic (exact) mass is 330 g/mol. The summed E-state index contributed by atoms with van der Waals surface area (Å²) < 4.78 is 24.9. The molecule has 22 heavy (non-hydrogen) atoms. The van der Waals surface area contributed by atoms with E-state index in [0.29, 0.717) is 0 Å². The van der Waals surface area contributed by atoms with Gasteiger partial charge in [0.15, 0.2) is 0 Å². The number of nitro benzene ring substituents is 1. The largest absolute Gasteiger partial charge is 0.282 e. The smallest absolute Gasteiger partial charge is 0.274 e. The van der Waals surface area contributed by atoms with Gasteiger partial charge in [-0.3, -0.25) is 30.6 Å². The first-order chi connectivity index (χ1) is 10.1. The van der Waals surface area contributed by atoms with Gasteiger partial charge in [0.1, 0.15) is 5.56 Å². The van der Waals surface area contributed by atoms with Crippen LogP contribution in [0.4, 0.5) is 5.69 Å². The van der Waals surface area contributed by atoms with E-state index < -0.39 is 38.0 Å². The maximum atomic E-state index is 12.0. The molecule has 0 fully saturated rings. The van der Waals surface area contributed by atoms with Gasteiger partial charge < -0.3 is 0 Å². The molecule has 0 heterocycles. The van der Waals surface area contributed by atoms with Gasteiger partial charge in [-0.15, -0.1) is 0 Å². The lowest BCUT2D eigenvalue weighted by atomic mass is 10.1. The topological polar surface area (TPSA) is 139 Å². The average molecular weight is 330 g/mol. The number of carbonyl (C=O) groups excluding carboxylic acids is 2. The molecule has 0 saturated carbocycles. The molecule has 10 nitrogen and oxygen atoms in total. The number of benzene rings is 1. The van der Waals surface area contributed by atoms with Gasteiger partial charge in [-0.2, -0.15) is 0 Å². The van der Waals surface area contributed by atoms with Crippen LogP contribution in [0.25, 0.3) is 0 Å². The van der Waals surface area contributed by atoms with E-state index in [1.54, 1.807) is 0 Å². The first kappa shape index (κ1) is 17.5. The molecule has 0 atom stereocenters. The van der Waals surface area contributed by atoms with Gasteiger partial charge in [0.25, 0.3) is 11.6 Å². The molecule has 11 heteroatoms. The summed E-state index contributed by atoms with van der Waals surface area (Å²) in [6.45, 7) is 1.13. The Morgan fingerprint density at radius 3 is 2.27 bits per heavy atom. The van der Waals surface area contributed by atoms with Gasteiger partial charge in [0, 0.05) is 27.1 Å². The molecule has 1 rings (SSSR count).